The molecule has 3 N–H and O–H groups in total. The monoisotopic (exact) mass is 381 g/mol. The van der Waals surface area contributed by atoms with Crippen LogP contribution in [0.1, 0.15) is 20.7 Å². The highest BCUT2D eigenvalue weighted by Gasteiger charge is 2.17. The number of carbonyl (C=O) groups is 2. The summed E-state index contributed by atoms with van der Waals surface area (Å²) in [5.41, 5.74) is -1.96. The molecule has 2 aromatic carbocycles. The molecule has 11 nitrogen and oxygen atoms in total. The fourth-order valence-electron chi connectivity index (χ4n) is 2.04. The molecular weight excluding hydrogens is 372 g/mol. The summed E-state index contributed by atoms with van der Waals surface area (Å²) in [5, 5.41) is 31.2. The van der Waals surface area contributed by atoms with Gasteiger partial charge in [-0.25, -0.2) is 18.0 Å². The summed E-state index contributed by atoms with van der Waals surface area (Å²) in [6.45, 7) is 0. The zero-order chi connectivity index (χ0) is 19.6. The molecule has 0 unspecified atom stereocenters. The van der Waals surface area contributed by atoms with Crippen molar-refractivity contribution in [3.63, 3.8) is 0 Å². The summed E-state index contributed by atoms with van der Waals surface area (Å²) in [4.78, 5) is 31.1. The number of nitro benzene ring substituents is 1. The van der Waals surface area contributed by atoms with Crippen molar-refractivity contribution in [3.05, 3.63) is 57.6 Å². The number of nitro groups is 1. The Bertz CT molecular complexity index is 998. The molecule has 0 saturated heterocycles. The highest BCUT2D eigenvalue weighted by Crippen LogP contribution is 2.29. The zero-order valence-electron chi connectivity index (χ0n) is 12.6. The maximum Gasteiger partial charge on any atom is 0.335 e. The summed E-state index contributed by atoms with van der Waals surface area (Å²) in [5.74, 6) is -2.87. The number of anilines is 2. The third kappa shape index (κ3) is 4.12. The van der Waals surface area contributed by atoms with E-state index in [4.69, 9.17) is 10.2 Å². The molecule has 0 aliphatic rings. The number of rotatable bonds is 6. The van der Waals surface area contributed by atoms with Crippen LogP contribution in [0.4, 0.5) is 17.1 Å². The van der Waals surface area contributed by atoms with Crippen molar-refractivity contribution in [2.45, 2.75) is 4.90 Å². The largest absolute Gasteiger partial charge is 0.744 e. The maximum absolute atomic E-state index is 11.4. The van der Waals surface area contributed by atoms with Crippen LogP contribution in [0.15, 0.2) is 41.3 Å². The number of hydrogen-bond acceptors (Lipinski definition) is 8. The number of carboxylic acids is 2. The normalized spacial score (nSPS) is 11.0. The minimum Gasteiger partial charge on any atom is -0.744 e. The summed E-state index contributed by atoms with van der Waals surface area (Å²) < 4.78 is 34.1. The minimum absolute atomic E-state index is 0.138. The average Bonchev–Trinajstić information content (AvgIpc) is 2.53. The van der Waals surface area contributed by atoms with Crippen LogP contribution in [0.2, 0.25) is 0 Å². The second-order valence-corrected chi connectivity index (χ2v) is 6.27. The van der Waals surface area contributed by atoms with Gasteiger partial charge in [-0.1, -0.05) is 0 Å². The lowest BCUT2D eigenvalue weighted by Gasteiger charge is -2.15. The van der Waals surface area contributed by atoms with E-state index in [1.165, 1.54) is 0 Å². The number of carboxylic acid groups (broad SMARTS) is 2. The lowest BCUT2D eigenvalue weighted by atomic mass is 10.1. The molecule has 136 valence electrons. The molecule has 0 atom stereocenters. The first kappa shape index (κ1) is 18.8. The van der Waals surface area contributed by atoms with E-state index in [2.05, 4.69) is 5.32 Å². The molecule has 0 heterocycles. The molecule has 12 heteroatoms. The standard InChI is InChI=1S/C14H10N2O9S/c17-13(18)7-3-8(14(19)20)5-9(4-7)15-11-2-1-10(16(21)22)6-12(11)26(23,24)25/h1-6,15H,(H,17,18)(H,19,20)(H,23,24,25)/p-1. The van der Waals surface area contributed by atoms with E-state index in [0.29, 0.717) is 6.07 Å². The van der Waals surface area contributed by atoms with Gasteiger partial charge in [0.2, 0.25) is 0 Å². The number of non-ortho nitro benzene ring substituents is 1. The van der Waals surface area contributed by atoms with Crippen LogP contribution in [0.25, 0.3) is 0 Å². The van der Waals surface area contributed by atoms with Gasteiger partial charge in [-0.3, -0.25) is 10.1 Å². The Labute approximate surface area is 145 Å². The molecule has 0 spiro atoms. The number of nitrogens with one attached hydrogen (secondary N) is 1. The minimum atomic E-state index is -5.11. The van der Waals surface area contributed by atoms with Gasteiger partial charge in [0, 0.05) is 17.8 Å². The third-order valence-corrected chi connectivity index (χ3v) is 4.03. The van der Waals surface area contributed by atoms with Gasteiger partial charge in [0.15, 0.2) is 0 Å². The van der Waals surface area contributed by atoms with Gasteiger partial charge in [0.05, 0.1) is 26.6 Å². The van der Waals surface area contributed by atoms with Crippen molar-refractivity contribution in [1.29, 1.82) is 0 Å². The average molecular weight is 381 g/mol. The molecule has 0 saturated carbocycles. The van der Waals surface area contributed by atoms with E-state index in [0.717, 1.165) is 30.3 Å². The highest BCUT2D eigenvalue weighted by molar-refractivity contribution is 7.86. The Morgan fingerprint density at radius 1 is 1.00 bits per heavy atom. The van der Waals surface area contributed by atoms with E-state index < -0.39 is 48.7 Å². The molecule has 0 aliphatic heterocycles. The number of hydrogen-bond donors (Lipinski definition) is 3. The Hall–Kier alpha value is -3.51. The van der Waals surface area contributed by atoms with Crippen LogP contribution in [0.5, 0.6) is 0 Å². The van der Waals surface area contributed by atoms with Gasteiger partial charge in [-0.2, -0.15) is 0 Å². The maximum atomic E-state index is 11.4. The second kappa shape index (κ2) is 6.78. The van der Waals surface area contributed by atoms with Crippen LogP contribution in [0.3, 0.4) is 0 Å². The molecule has 0 radical (unpaired) electrons. The van der Waals surface area contributed by atoms with Crippen molar-refractivity contribution in [2.24, 2.45) is 0 Å². The lowest BCUT2D eigenvalue weighted by molar-refractivity contribution is -0.385. The Kier molecular flexibility index (Phi) is 4.91. The molecule has 0 amide bonds. The van der Waals surface area contributed by atoms with Gasteiger partial charge in [-0.15, -0.1) is 0 Å². The van der Waals surface area contributed by atoms with Crippen molar-refractivity contribution in [1.82, 2.24) is 0 Å². The molecule has 26 heavy (non-hydrogen) atoms. The van der Waals surface area contributed by atoms with Gasteiger partial charge < -0.3 is 20.1 Å². The van der Waals surface area contributed by atoms with Gasteiger partial charge in [0.25, 0.3) is 5.69 Å². The van der Waals surface area contributed by atoms with E-state index in [1.807, 2.05) is 0 Å². The van der Waals surface area contributed by atoms with Crippen molar-refractivity contribution >= 4 is 39.1 Å². The van der Waals surface area contributed by atoms with Crippen LogP contribution >= 0.6 is 0 Å². The first-order valence-corrected chi connectivity index (χ1v) is 8.03. The van der Waals surface area contributed by atoms with Gasteiger partial charge in [0.1, 0.15) is 10.1 Å². The van der Waals surface area contributed by atoms with Crippen LogP contribution in [-0.4, -0.2) is 40.0 Å². The molecule has 0 aliphatic carbocycles. The molecule has 0 aromatic heterocycles. The fourth-order valence-corrected chi connectivity index (χ4v) is 2.69. The van der Waals surface area contributed by atoms with Crippen molar-refractivity contribution < 1.29 is 37.7 Å². The van der Waals surface area contributed by atoms with Crippen LogP contribution in [-0.2, 0) is 10.1 Å². The van der Waals surface area contributed by atoms with Crippen LogP contribution in [0, 0.1) is 10.1 Å². The summed E-state index contributed by atoms with van der Waals surface area (Å²) in [6.07, 6.45) is 0. The fraction of sp³-hybridized carbons (Fsp3) is 0. The molecule has 0 bridgehead atoms. The SMILES string of the molecule is O=C(O)c1cc(Nc2ccc([N+](=O)[O-])cc2S(=O)(=O)[O-])cc(C(=O)O)c1. The molecule has 0 fully saturated rings. The van der Waals surface area contributed by atoms with Crippen molar-refractivity contribution in [3.8, 4) is 0 Å². The number of aromatic carboxylic acids is 2. The Morgan fingerprint density at radius 2 is 1.54 bits per heavy atom. The predicted molar refractivity (Wildman–Crippen MR) is 84.7 cm³/mol. The smallest absolute Gasteiger partial charge is 0.335 e. The predicted octanol–water partition coefficient (Wildman–Crippen LogP) is 1.64. The topological polar surface area (TPSA) is 187 Å². The number of nitrogens with zero attached hydrogens (tertiary/aromatic N) is 1. The number of benzene rings is 2. The lowest BCUT2D eigenvalue weighted by Crippen LogP contribution is -2.07. The van der Waals surface area contributed by atoms with E-state index in [1.54, 1.807) is 0 Å². The van der Waals surface area contributed by atoms with Gasteiger partial charge >= 0.3 is 11.9 Å². The summed E-state index contributed by atoms with van der Waals surface area (Å²) in [6, 6.07) is 5.32. The van der Waals surface area contributed by atoms with Crippen LogP contribution < -0.4 is 5.32 Å². The highest BCUT2D eigenvalue weighted by atomic mass is 32.2. The Morgan fingerprint density at radius 3 is 1.96 bits per heavy atom. The summed E-state index contributed by atoms with van der Waals surface area (Å²) >= 11 is 0. The van der Waals surface area contributed by atoms with Gasteiger partial charge in [-0.05, 0) is 24.3 Å². The molecular formula is C14H9N2O9S-. The molecule has 2 rings (SSSR count). The third-order valence-electron chi connectivity index (χ3n) is 3.15. The summed E-state index contributed by atoms with van der Waals surface area (Å²) in [7, 11) is -5.11. The quantitative estimate of drug-likeness (QED) is 0.377. The van der Waals surface area contributed by atoms with E-state index >= 15 is 0 Å². The van der Waals surface area contributed by atoms with E-state index in [-0.39, 0.29) is 11.4 Å². The first-order chi connectivity index (χ1) is 12.0. The zero-order valence-corrected chi connectivity index (χ0v) is 13.4. The van der Waals surface area contributed by atoms with E-state index in [9.17, 15) is 32.7 Å². The first-order valence-electron chi connectivity index (χ1n) is 6.62. The van der Waals surface area contributed by atoms with Crippen molar-refractivity contribution in [2.75, 3.05) is 5.32 Å². The molecule has 2 aromatic rings. The second-order valence-electron chi connectivity index (χ2n) is 4.93. The Balaban J connectivity index is 2.59.